The first-order chi connectivity index (χ1) is 8.36. The summed E-state index contributed by atoms with van der Waals surface area (Å²) in [5.41, 5.74) is 0.602. The van der Waals surface area contributed by atoms with E-state index in [1.54, 1.807) is 36.8 Å². The summed E-state index contributed by atoms with van der Waals surface area (Å²) in [6.45, 7) is 0. The van der Waals surface area contributed by atoms with E-state index < -0.39 is 0 Å². The lowest BCUT2D eigenvalue weighted by Gasteiger charge is -2.04. The number of hydrogen-bond acceptors (Lipinski definition) is 3. The highest BCUT2D eigenvalue weighted by Crippen LogP contribution is 2.08. The molecule has 4 heteroatoms. The maximum Gasteiger partial charge on any atom is 0.279 e. The number of aromatic nitrogens is 3. The molecule has 0 N–H and O–H groups in total. The molecule has 0 amide bonds. The molecule has 0 spiro atoms. The van der Waals surface area contributed by atoms with Gasteiger partial charge >= 0.3 is 0 Å². The van der Waals surface area contributed by atoms with Gasteiger partial charge in [-0.15, -0.1) is 0 Å². The summed E-state index contributed by atoms with van der Waals surface area (Å²) in [6.07, 6.45) is 4.97. The van der Waals surface area contributed by atoms with Gasteiger partial charge in [-0.2, -0.15) is 9.78 Å². The monoisotopic (exact) mass is 223 g/mol. The van der Waals surface area contributed by atoms with Crippen LogP contribution >= 0.6 is 0 Å². The zero-order valence-electron chi connectivity index (χ0n) is 8.95. The first-order valence-corrected chi connectivity index (χ1v) is 5.24. The third kappa shape index (κ3) is 1.59. The molecule has 82 valence electrons. The second-order valence-electron chi connectivity index (χ2n) is 3.65. The SMILES string of the molecule is O=c1c2ccccc2cnn1-c1ccncc1. The maximum absolute atomic E-state index is 12.2. The Morgan fingerprint density at radius 1 is 1.00 bits per heavy atom. The van der Waals surface area contributed by atoms with Crippen molar-refractivity contribution in [3.05, 3.63) is 65.3 Å². The van der Waals surface area contributed by atoms with E-state index in [0.29, 0.717) is 5.39 Å². The molecule has 3 aromatic rings. The van der Waals surface area contributed by atoms with E-state index >= 15 is 0 Å². The van der Waals surface area contributed by atoms with Gasteiger partial charge in [0.05, 0.1) is 17.3 Å². The van der Waals surface area contributed by atoms with Crippen molar-refractivity contribution in [2.45, 2.75) is 0 Å². The molecule has 0 aliphatic rings. The molecular weight excluding hydrogens is 214 g/mol. The molecule has 0 atom stereocenters. The third-order valence-corrected chi connectivity index (χ3v) is 2.60. The predicted octanol–water partition coefficient (Wildman–Crippen LogP) is 1.78. The Balaban J connectivity index is 2.33. The zero-order valence-corrected chi connectivity index (χ0v) is 8.95. The molecule has 3 rings (SSSR count). The number of benzene rings is 1. The quantitative estimate of drug-likeness (QED) is 0.631. The Hall–Kier alpha value is -2.49. The van der Waals surface area contributed by atoms with Crippen LogP contribution in [-0.2, 0) is 0 Å². The van der Waals surface area contributed by atoms with E-state index in [-0.39, 0.29) is 5.56 Å². The van der Waals surface area contributed by atoms with Crippen LogP contribution in [0.2, 0.25) is 0 Å². The standard InChI is InChI=1S/C13H9N3O/c17-13-12-4-2-1-3-10(12)9-15-16(13)11-5-7-14-8-6-11/h1-9H. The highest BCUT2D eigenvalue weighted by atomic mass is 16.1. The highest BCUT2D eigenvalue weighted by Gasteiger charge is 2.04. The molecule has 0 saturated carbocycles. The molecule has 17 heavy (non-hydrogen) atoms. The van der Waals surface area contributed by atoms with Gasteiger partial charge in [0.1, 0.15) is 0 Å². The van der Waals surface area contributed by atoms with Gasteiger partial charge in [0.2, 0.25) is 0 Å². The van der Waals surface area contributed by atoms with Gasteiger partial charge in [0.15, 0.2) is 0 Å². The van der Waals surface area contributed by atoms with Crippen LogP contribution in [-0.4, -0.2) is 14.8 Å². The minimum atomic E-state index is -0.116. The minimum absolute atomic E-state index is 0.116. The van der Waals surface area contributed by atoms with Crippen molar-refractivity contribution in [2.24, 2.45) is 0 Å². The average Bonchev–Trinajstić information content (AvgIpc) is 2.40. The summed E-state index contributed by atoms with van der Waals surface area (Å²) in [7, 11) is 0. The molecular formula is C13H9N3O. The van der Waals surface area contributed by atoms with Crippen LogP contribution in [0.1, 0.15) is 0 Å². The minimum Gasteiger partial charge on any atom is -0.267 e. The Labute approximate surface area is 97.2 Å². The first-order valence-electron chi connectivity index (χ1n) is 5.24. The van der Waals surface area contributed by atoms with Crippen molar-refractivity contribution in [1.82, 2.24) is 14.8 Å². The largest absolute Gasteiger partial charge is 0.279 e. The highest BCUT2D eigenvalue weighted by molar-refractivity contribution is 5.80. The topological polar surface area (TPSA) is 47.8 Å². The van der Waals surface area contributed by atoms with E-state index in [0.717, 1.165) is 11.1 Å². The normalized spacial score (nSPS) is 10.6. The zero-order chi connectivity index (χ0) is 11.7. The van der Waals surface area contributed by atoms with Crippen LogP contribution in [0.5, 0.6) is 0 Å². The maximum atomic E-state index is 12.2. The van der Waals surface area contributed by atoms with Gasteiger partial charge in [0, 0.05) is 17.8 Å². The summed E-state index contributed by atoms with van der Waals surface area (Å²) in [4.78, 5) is 16.1. The van der Waals surface area contributed by atoms with E-state index in [1.165, 1.54) is 4.68 Å². The van der Waals surface area contributed by atoms with E-state index in [9.17, 15) is 4.79 Å². The van der Waals surface area contributed by atoms with Crippen molar-refractivity contribution in [3.63, 3.8) is 0 Å². The Morgan fingerprint density at radius 2 is 1.76 bits per heavy atom. The first kappa shape index (κ1) is 9.72. The molecule has 0 aliphatic carbocycles. The molecule has 2 heterocycles. The summed E-state index contributed by atoms with van der Waals surface area (Å²) >= 11 is 0. The van der Waals surface area contributed by atoms with Crippen LogP contribution in [0.15, 0.2) is 59.8 Å². The Kier molecular flexibility index (Phi) is 2.19. The Bertz CT molecular complexity index is 719. The molecule has 0 fully saturated rings. The molecule has 1 aromatic carbocycles. The fourth-order valence-electron chi connectivity index (χ4n) is 1.76. The van der Waals surface area contributed by atoms with Crippen LogP contribution in [0.4, 0.5) is 0 Å². The van der Waals surface area contributed by atoms with Crippen LogP contribution < -0.4 is 5.56 Å². The van der Waals surface area contributed by atoms with Crippen molar-refractivity contribution in [1.29, 1.82) is 0 Å². The van der Waals surface area contributed by atoms with Gasteiger partial charge in [-0.25, -0.2) is 0 Å². The average molecular weight is 223 g/mol. The molecule has 0 radical (unpaired) electrons. The van der Waals surface area contributed by atoms with Crippen LogP contribution in [0, 0.1) is 0 Å². The smallest absolute Gasteiger partial charge is 0.267 e. The van der Waals surface area contributed by atoms with Gasteiger partial charge in [-0.1, -0.05) is 18.2 Å². The number of hydrogen-bond donors (Lipinski definition) is 0. The summed E-state index contributed by atoms with van der Waals surface area (Å²) in [6, 6.07) is 10.9. The molecule has 0 bridgehead atoms. The number of rotatable bonds is 1. The lowest BCUT2D eigenvalue weighted by Crippen LogP contribution is -2.20. The third-order valence-electron chi connectivity index (χ3n) is 2.60. The van der Waals surface area contributed by atoms with Gasteiger partial charge < -0.3 is 0 Å². The van der Waals surface area contributed by atoms with Gasteiger partial charge in [-0.3, -0.25) is 9.78 Å². The van der Waals surface area contributed by atoms with Crippen molar-refractivity contribution < 1.29 is 0 Å². The molecule has 0 unspecified atom stereocenters. The van der Waals surface area contributed by atoms with E-state index in [2.05, 4.69) is 10.1 Å². The van der Waals surface area contributed by atoms with Gasteiger partial charge in [0.25, 0.3) is 5.56 Å². The van der Waals surface area contributed by atoms with Crippen molar-refractivity contribution in [3.8, 4) is 5.69 Å². The summed E-state index contributed by atoms with van der Waals surface area (Å²) in [5, 5.41) is 5.67. The van der Waals surface area contributed by atoms with E-state index in [4.69, 9.17) is 0 Å². The fraction of sp³-hybridized carbons (Fsp3) is 0. The second-order valence-corrected chi connectivity index (χ2v) is 3.65. The van der Waals surface area contributed by atoms with E-state index in [1.807, 2.05) is 18.2 Å². The molecule has 2 aromatic heterocycles. The number of nitrogens with zero attached hydrogens (tertiary/aromatic N) is 3. The van der Waals surface area contributed by atoms with Crippen molar-refractivity contribution >= 4 is 10.8 Å². The summed E-state index contributed by atoms with van der Waals surface area (Å²) < 4.78 is 1.38. The molecule has 0 saturated heterocycles. The predicted molar refractivity (Wildman–Crippen MR) is 65.1 cm³/mol. The molecule has 4 nitrogen and oxygen atoms in total. The van der Waals surface area contributed by atoms with Crippen molar-refractivity contribution in [2.75, 3.05) is 0 Å². The van der Waals surface area contributed by atoms with Crippen LogP contribution in [0.3, 0.4) is 0 Å². The number of pyridine rings is 1. The van der Waals surface area contributed by atoms with Crippen LogP contribution in [0.25, 0.3) is 16.5 Å². The lowest BCUT2D eigenvalue weighted by atomic mass is 10.2. The fourth-order valence-corrected chi connectivity index (χ4v) is 1.76. The van der Waals surface area contributed by atoms with Gasteiger partial charge in [-0.05, 0) is 18.2 Å². The second kappa shape index (κ2) is 3.83. The Morgan fingerprint density at radius 3 is 2.59 bits per heavy atom. The lowest BCUT2D eigenvalue weighted by molar-refractivity contribution is 0.819. The summed E-state index contributed by atoms with van der Waals surface area (Å²) in [5.74, 6) is 0. The molecule has 0 aliphatic heterocycles. The number of fused-ring (bicyclic) bond motifs is 1.